The van der Waals surface area contributed by atoms with Gasteiger partial charge in [-0.1, -0.05) is 18.2 Å². The van der Waals surface area contributed by atoms with E-state index in [2.05, 4.69) is 23.5 Å². The third kappa shape index (κ3) is 3.95. The Bertz CT molecular complexity index is 830. The Morgan fingerprint density at radius 3 is 2.81 bits per heavy atom. The Kier molecular flexibility index (Phi) is 5.33. The van der Waals surface area contributed by atoms with Crippen molar-refractivity contribution in [3.8, 4) is 11.5 Å². The summed E-state index contributed by atoms with van der Waals surface area (Å²) >= 11 is 0. The third-order valence-corrected chi connectivity index (χ3v) is 5.71. The van der Waals surface area contributed by atoms with Gasteiger partial charge < -0.3 is 14.8 Å². The lowest BCUT2D eigenvalue weighted by Crippen LogP contribution is -2.34. The fourth-order valence-corrected chi connectivity index (χ4v) is 4.33. The molecule has 4 nitrogen and oxygen atoms in total. The second kappa shape index (κ2) is 8.03. The average Bonchev–Trinajstić information content (AvgIpc) is 2.72. The van der Waals surface area contributed by atoms with Crippen LogP contribution < -0.4 is 14.8 Å². The van der Waals surface area contributed by atoms with Crippen molar-refractivity contribution in [1.29, 1.82) is 0 Å². The highest BCUT2D eigenvalue weighted by Crippen LogP contribution is 2.32. The highest BCUT2D eigenvalue weighted by Gasteiger charge is 2.23. The maximum absolute atomic E-state index is 12.5. The molecule has 0 saturated heterocycles. The Labute approximate surface area is 160 Å². The molecule has 0 aromatic heterocycles. The number of ether oxygens (including phenoxy) is 2. The zero-order valence-corrected chi connectivity index (χ0v) is 15.9. The smallest absolute Gasteiger partial charge is 0.258 e. The number of nitrogens with one attached hydrogen (secondary N) is 1. The fraction of sp³-hybridized carbons (Fsp3) is 0.435. The first kappa shape index (κ1) is 17.9. The quantitative estimate of drug-likeness (QED) is 0.866. The molecule has 2 aromatic carbocycles. The molecule has 2 aliphatic carbocycles. The summed E-state index contributed by atoms with van der Waals surface area (Å²) in [4.78, 5) is 12.5. The second-order valence-electron chi connectivity index (χ2n) is 7.47. The number of hydrogen-bond donors (Lipinski definition) is 1. The van der Waals surface area contributed by atoms with E-state index in [0.29, 0.717) is 0 Å². The van der Waals surface area contributed by atoms with E-state index in [4.69, 9.17) is 9.47 Å². The molecule has 1 amide bonds. The van der Waals surface area contributed by atoms with Crippen molar-refractivity contribution in [1.82, 2.24) is 5.32 Å². The molecule has 0 spiro atoms. The molecule has 0 heterocycles. The van der Waals surface area contributed by atoms with Gasteiger partial charge in [-0.3, -0.25) is 4.79 Å². The minimum absolute atomic E-state index is 0.0560. The first-order valence-corrected chi connectivity index (χ1v) is 9.94. The van der Waals surface area contributed by atoms with Crippen molar-refractivity contribution in [2.75, 3.05) is 13.7 Å². The van der Waals surface area contributed by atoms with Crippen molar-refractivity contribution in [2.45, 2.75) is 51.0 Å². The van der Waals surface area contributed by atoms with Crippen LogP contribution in [0.4, 0.5) is 0 Å². The second-order valence-corrected chi connectivity index (χ2v) is 7.47. The first-order valence-electron chi connectivity index (χ1n) is 9.94. The molecule has 0 bridgehead atoms. The number of carbonyl (C=O) groups is 1. The largest absolute Gasteiger partial charge is 0.497 e. The van der Waals surface area contributed by atoms with Gasteiger partial charge in [-0.15, -0.1) is 0 Å². The lowest BCUT2D eigenvalue weighted by atomic mass is 9.87. The van der Waals surface area contributed by atoms with Crippen LogP contribution in [0.5, 0.6) is 11.5 Å². The molecule has 2 aliphatic rings. The van der Waals surface area contributed by atoms with Gasteiger partial charge in [0.1, 0.15) is 11.5 Å². The minimum Gasteiger partial charge on any atom is -0.497 e. The van der Waals surface area contributed by atoms with Crippen molar-refractivity contribution < 1.29 is 14.3 Å². The van der Waals surface area contributed by atoms with Gasteiger partial charge in [-0.05, 0) is 85.4 Å². The summed E-state index contributed by atoms with van der Waals surface area (Å²) in [6.07, 6.45) is 7.66. The number of hydrogen-bond acceptors (Lipinski definition) is 3. The molecule has 142 valence electrons. The standard InChI is InChI=1S/C23H27NO3/c1-26-18-12-13-19-17(14-18)8-4-10-21(19)24-23(25)15-27-22-11-5-7-16-6-2-3-9-20(16)22/h5,7,11-14,21H,2-4,6,8-10,15H2,1H3,(H,24,25)/t21-/m1/s1. The fourth-order valence-electron chi connectivity index (χ4n) is 4.33. The number of amides is 1. The van der Waals surface area contributed by atoms with Crippen molar-refractivity contribution in [3.05, 3.63) is 58.7 Å². The normalized spacial score (nSPS) is 18.2. The summed E-state index contributed by atoms with van der Waals surface area (Å²) in [6.45, 7) is 0.0679. The van der Waals surface area contributed by atoms with Gasteiger partial charge in [0.05, 0.1) is 13.2 Å². The van der Waals surface area contributed by atoms with Crippen LogP contribution in [0.3, 0.4) is 0 Å². The molecule has 2 aromatic rings. The number of carbonyl (C=O) groups excluding carboxylic acids is 1. The van der Waals surface area contributed by atoms with Gasteiger partial charge in [0.25, 0.3) is 5.91 Å². The number of methoxy groups -OCH3 is 1. The predicted octanol–water partition coefficient (Wildman–Crippen LogP) is 4.15. The summed E-state index contributed by atoms with van der Waals surface area (Å²) in [7, 11) is 1.68. The van der Waals surface area contributed by atoms with Crippen molar-refractivity contribution >= 4 is 5.91 Å². The van der Waals surface area contributed by atoms with Crippen molar-refractivity contribution in [2.24, 2.45) is 0 Å². The first-order chi connectivity index (χ1) is 13.2. The lowest BCUT2D eigenvalue weighted by molar-refractivity contribution is -0.124. The molecule has 4 heteroatoms. The minimum atomic E-state index is -0.0583. The molecule has 0 saturated carbocycles. The molecule has 1 N–H and O–H groups in total. The molecule has 1 atom stereocenters. The van der Waals surface area contributed by atoms with E-state index in [1.165, 1.54) is 35.1 Å². The van der Waals surface area contributed by atoms with Crippen LogP contribution in [0.25, 0.3) is 0 Å². The summed E-state index contributed by atoms with van der Waals surface area (Å²) in [5.41, 5.74) is 5.12. The van der Waals surface area contributed by atoms with Gasteiger partial charge in [0.15, 0.2) is 6.61 Å². The van der Waals surface area contributed by atoms with Crippen LogP contribution in [-0.2, 0) is 24.1 Å². The average molecular weight is 365 g/mol. The van der Waals surface area contributed by atoms with Crippen LogP contribution in [0.1, 0.15) is 54.0 Å². The molecular formula is C23H27NO3. The van der Waals surface area contributed by atoms with Crippen LogP contribution in [0, 0.1) is 0 Å². The van der Waals surface area contributed by atoms with Gasteiger partial charge in [-0.2, -0.15) is 0 Å². The highest BCUT2D eigenvalue weighted by molar-refractivity contribution is 5.78. The molecule has 0 radical (unpaired) electrons. The topological polar surface area (TPSA) is 47.6 Å². The zero-order valence-electron chi connectivity index (χ0n) is 15.9. The van der Waals surface area contributed by atoms with Gasteiger partial charge in [-0.25, -0.2) is 0 Å². The maximum atomic E-state index is 12.5. The summed E-state index contributed by atoms with van der Waals surface area (Å²) < 4.78 is 11.2. The lowest BCUT2D eigenvalue weighted by Gasteiger charge is -2.27. The van der Waals surface area contributed by atoms with E-state index in [-0.39, 0.29) is 18.6 Å². The number of aryl methyl sites for hydroxylation is 2. The van der Waals surface area contributed by atoms with E-state index < -0.39 is 0 Å². The van der Waals surface area contributed by atoms with E-state index in [1.54, 1.807) is 7.11 Å². The Balaban J connectivity index is 1.40. The number of fused-ring (bicyclic) bond motifs is 2. The van der Waals surface area contributed by atoms with Crippen LogP contribution in [0.2, 0.25) is 0 Å². The molecule has 27 heavy (non-hydrogen) atoms. The Morgan fingerprint density at radius 2 is 1.93 bits per heavy atom. The SMILES string of the molecule is COc1ccc2c(c1)CCC[C@H]2NC(=O)COc1cccc2c1CCCC2. The zero-order chi connectivity index (χ0) is 18.6. The monoisotopic (exact) mass is 365 g/mol. The molecule has 0 aliphatic heterocycles. The molecular weight excluding hydrogens is 338 g/mol. The van der Waals surface area contributed by atoms with Gasteiger partial charge in [0.2, 0.25) is 0 Å². The van der Waals surface area contributed by atoms with Gasteiger partial charge in [0, 0.05) is 0 Å². The maximum Gasteiger partial charge on any atom is 0.258 e. The summed E-state index contributed by atoms with van der Waals surface area (Å²) in [5, 5.41) is 3.16. The van der Waals surface area contributed by atoms with Crippen LogP contribution in [0.15, 0.2) is 36.4 Å². The van der Waals surface area contributed by atoms with Crippen molar-refractivity contribution in [3.63, 3.8) is 0 Å². The van der Waals surface area contributed by atoms with E-state index in [9.17, 15) is 4.79 Å². The predicted molar refractivity (Wildman–Crippen MR) is 105 cm³/mol. The summed E-state index contributed by atoms with van der Waals surface area (Å²) in [5.74, 6) is 1.69. The number of benzene rings is 2. The van der Waals surface area contributed by atoms with E-state index in [1.807, 2.05) is 18.2 Å². The van der Waals surface area contributed by atoms with Crippen LogP contribution >= 0.6 is 0 Å². The third-order valence-electron chi connectivity index (χ3n) is 5.71. The molecule has 0 fully saturated rings. The highest BCUT2D eigenvalue weighted by atomic mass is 16.5. The Hall–Kier alpha value is -2.49. The van der Waals surface area contributed by atoms with E-state index >= 15 is 0 Å². The summed E-state index contributed by atoms with van der Waals surface area (Å²) in [6, 6.07) is 12.4. The van der Waals surface area contributed by atoms with Gasteiger partial charge >= 0.3 is 0 Å². The van der Waals surface area contributed by atoms with E-state index in [0.717, 1.165) is 43.6 Å². The van der Waals surface area contributed by atoms with Crippen LogP contribution in [-0.4, -0.2) is 19.6 Å². The molecule has 0 unspecified atom stereocenters. The number of rotatable bonds is 5. The Morgan fingerprint density at radius 1 is 1.07 bits per heavy atom. The molecule has 4 rings (SSSR count).